The van der Waals surface area contributed by atoms with Crippen LogP contribution in [-0.4, -0.2) is 10.1 Å². The van der Waals surface area contributed by atoms with Gasteiger partial charge in [0.05, 0.1) is 22.9 Å². The minimum Gasteiger partial charge on any atom is -0.392 e. The second kappa shape index (κ2) is 5.34. The van der Waals surface area contributed by atoms with E-state index in [1.807, 2.05) is 0 Å². The lowest BCUT2D eigenvalue weighted by molar-refractivity contribution is 0.282. The quantitative estimate of drug-likeness (QED) is 0.522. The zero-order valence-corrected chi connectivity index (χ0v) is 10.3. The number of nitrogens with zero attached hydrogens (tertiary/aromatic N) is 1. The van der Waals surface area contributed by atoms with Gasteiger partial charge in [0.15, 0.2) is 23.3 Å². The summed E-state index contributed by atoms with van der Waals surface area (Å²) in [6, 6.07) is 1.11. The molecule has 0 radical (unpaired) electrons. The first kappa shape index (κ1) is 14.7. The molecule has 1 aromatic carbocycles. The summed E-state index contributed by atoms with van der Waals surface area (Å²) in [5.74, 6) is -10.5. The molecule has 1 heterocycles. The average molecular weight is 310 g/mol. The van der Waals surface area contributed by atoms with E-state index in [2.05, 4.69) is 4.98 Å². The maximum absolute atomic E-state index is 13.6. The molecule has 2 aromatic rings. The van der Waals surface area contributed by atoms with Gasteiger partial charge in [-0.1, -0.05) is 11.6 Å². The van der Waals surface area contributed by atoms with Crippen molar-refractivity contribution in [3.05, 3.63) is 51.9 Å². The number of halogens is 6. The van der Waals surface area contributed by atoms with Gasteiger partial charge in [0.1, 0.15) is 0 Å². The van der Waals surface area contributed by atoms with Crippen molar-refractivity contribution in [2.75, 3.05) is 0 Å². The second-order valence-electron chi connectivity index (χ2n) is 3.76. The Morgan fingerprint density at radius 1 is 0.950 bits per heavy atom. The molecule has 0 saturated carbocycles. The van der Waals surface area contributed by atoms with Crippen LogP contribution in [0.5, 0.6) is 0 Å². The number of aliphatic hydroxyl groups excluding tert-OH is 1. The monoisotopic (exact) mass is 309 g/mol. The highest BCUT2D eigenvalue weighted by atomic mass is 35.5. The van der Waals surface area contributed by atoms with E-state index in [4.69, 9.17) is 16.7 Å². The van der Waals surface area contributed by atoms with Gasteiger partial charge in [-0.15, -0.1) is 0 Å². The van der Waals surface area contributed by atoms with Crippen molar-refractivity contribution in [2.24, 2.45) is 0 Å². The first-order valence-electron chi connectivity index (χ1n) is 5.15. The third kappa shape index (κ3) is 2.23. The van der Waals surface area contributed by atoms with Crippen molar-refractivity contribution in [3.8, 4) is 11.3 Å². The Hall–Kier alpha value is -1.73. The molecule has 2 rings (SSSR count). The predicted octanol–water partition coefficient (Wildman–Crippen LogP) is 3.59. The molecule has 20 heavy (non-hydrogen) atoms. The van der Waals surface area contributed by atoms with Crippen LogP contribution < -0.4 is 0 Å². The van der Waals surface area contributed by atoms with Crippen molar-refractivity contribution >= 4 is 11.6 Å². The fourth-order valence-corrected chi connectivity index (χ4v) is 1.82. The lowest BCUT2D eigenvalue weighted by Gasteiger charge is -2.11. The van der Waals surface area contributed by atoms with Crippen molar-refractivity contribution in [1.82, 2.24) is 4.98 Å². The number of hydrogen-bond donors (Lipinski definition) is 1. The van der Waals surface area contributed by atoms with Gasteiger partial charge in [-0.05, 0) is 6.07 Å². The highest BCUT2D eigenvalue weighted by Gasteiger charge is 2.28. The number of pyridine rings is 1. The third-order valence-electron chi connectivity index (χ3n) is 2.55. The van der Waals surface area contributed by atoms with Crippen LogP contribution in [0, 0.1) is 29.1 Å². The molecule has 0 amide bonds. The number of hydrogen-bond acceptors (Lipinski definition) is 2. The van der Waals surface area contributed by atoms with E-state index in [-0.39, 0.29) is 10.6 Å². The van der Waals surface area contributed by atoms with Gasteiger partial charge < -0.3 is 5.11 Å². The normalized spacial score (nSPS) is 10.9. The molecule has 0 unspecified atom stereocenters. The Morgan fingerprint density at radius 2 is 1.45 bits per heavy atom. The molecule has 0 bridgehead atoms. The highest BCUT2D eigenvalue weighted by Crippen LogP contribution is 2.33. The molecule has 0 fully saturated rings. The summed E-state index contributed by atoms with van der Waals surface area (Å²) >= 11 is 5.58. The molecule has 0 aliphatic rings. The van der Waals surface area contributed by atoms with E-state index in [0.717, 1.165) is 12.3 Å². The summed E-state index contributed by atoms with van der Waals surface area (Å²) in [6.07, 6.45) is 0.966. The Labute approximate surface area is 114 Å². The molecular formula is C12H5ClF5NO. The molecule has 0 atom stereocenters. The lowest BCUT2D eigenvalue weighted by atomic mass is 10.0. The fourth-order valence-electron chi connectivity index (χ4n) is 1.64. The molecule has 1 N–H and O–H groups in total. The Bertz CT molecular complexity index is 663. The van der Waals surface area contributed by atoms with E-state index in [0.29, 0.717) is 0 Å². The zero-order valence-electron chi connectivity index (χ0n) is 9.52. The van der Waals surface area contributed by atoms with Gasteiger partial charge in [-0.2, -0.15) is 0 Å². The van der Waals surface area contributed by atoms with Gasteiger partial charge in [0.2, 0.25) is 5.82 Å². The van der Waals surface area contributed by atoms with E-state index < -0.39 is 47.0 Å². The maximum atomic E-state index is 13.6. The molecule has 0 aliphatic carbocycles. The van der Waals surface area contributed by atoms with Crippen LogP contribution in [0.2, 0.25) is 5.02 Å². The van der Waals surface area contributed by atoms with Crippen molar-refractivity contribution in [3.63, 3.8) is 0 Å². The fraction of sp³-hybridized carbons (Fsp3) is 0.0833. The third-order valence-corrected chi connectivity index (χ3v) is 2.76. The summed E-state index contributed by atoms with van der Waals surface area (Å²) in [5, 5.41) is 9.12. The molecule has 0 saturated heterocycles. The van der Waals surface area contributed by atoms with Crippen molar-refractivity contribution < 1.29 is 27.1 Å². The molecule has 2 nitrogen and oxygen atoms in total. The predicted molar refractivity (Wildman–Crippen MR) is 60.4 cm³/mol. The smallest absolute Gasteiger partial charge is 0.200 e. The van der Waals surface area contributed by atoms with Gasteiger partial charge in [0.25, 0.3) is 0 Å². The number of rotatable bonds is 2. The minimum absolute atomic E-state index is 0.0432. The van der Waals surface area contributed by atoms with Gasteiger partial charge >= 0.3 is 0 Å². The first-order chi connectivity index (χ1) is 9.38. The topological polar surface area (TPSA) is 33.1 Å². The molecular weight excluding hydrogens is 305 g/mol. The summed E-state index contributed by atoms with van der Waals surface area (Å²) in [6.45, 7) is -0.734. The zero-order chi connectivity index (χ0) is 15.0. The maximum Gasteiger partial charge on any atom is 0.200 e. The van der Waals surface area contributed by atoms with Gasteiger partial charge in [0, 0.05) is 11.8 Å². The number of benzene rings is 1. The van der Waals surface area contributed by atoms with Crippen molar-refractivity contribution in [2.45, 2.75) is 6.61 Å². The summed E-state index contributed by atoms with van der Waals surface area (Å²) in [4.78, 5) is 3.53. The van der Waals surface area contributed by atoms with Crippen LogP contribution in [0.25, 0.3) is 11.3 Å². The van der Waals surface area contributed by atoms with Crippen LogP contribution in [0.1, 0.15) is 5.56 Å². The summed E-state index contributed by atoms with van der Waals surface area (Å²) in [5.41, 5.74) is -1.94. The van der Waals surface area contributed by atoms with Crippen molar-refractivity contribution in [1.29, 1.82) is 0 Å². The Kier molecular flexibility index (Phi) is 3.92. The summed E-state index contributed by atoms with van der Waals surface area (Å²) < 4.78 is 66.5. The molecule has 0 spiro atoms. The average Bonchev–Trinajstić information content (AvgIpc) is 2.44. The van der Waals surface area contributed by atoms with E-state index in [1.165, 1.54) is 0 Å². The van der Waals surface area contributed by atoms with Crippen LogP contribution in [0.4, 0.5) is 22.0 Å². The summed E-state index contributed by atoms with van der Waals surface area (Å²) in [7, 11) is 0. The number of aromatic nitrogens is 1. The van der Waals surface area contributed by atoms with E-state index >= 15 is 0 Å². The van der Waals surface area contributed by atoms with Crippen LogP contribution in [-0.2, 0) is 6.61 Å². The van der Waals surface area contributed by atoms with E-state index in [9.17, 15) is 22.0 Å². The van der Waals surface area contributed by atoms with Crippen LogP contribution in [0.3, 0.4) is 0 Å². The molecule has 1 aromatic heterocycles. The molecule has 8 heteroatoms. The Morgan fingerprint density at radius 3 is 1.95 bits per heavy atom. The highest BCUT2D eigenvalue weighted by molar-refractivity contribution is 6.30. The van der Waals surface area contributed by atoms with E-state index in [1.54, 1.807) is 0 Å². The SMILES string of the molecule is OCc1cc(Cl)cnc1-c1c(F)c(F)c(F)c(F)c1F. The largest absolute Gasteiger partial charge is 0.392 e. The number of aliphatic hydroxyl groups is 1. The lowest BCUT2D eigenvalue weighted by Crippen LogP contribution is -2.06. The standard InChI is InChI=1S/C12H5ClF5NO/c13-5-1-4(3-20)12(19-2-5)6-7(14)9(16)11(18)10(17)8(6)15/h1-2,20H,3H2. The molecule has 0 aliphatic heterocycles. The second-order valence-corrected chi connectivity index (χ2v) is 4.20. The minimum atomic E-state index is -2.26. The van der Waals surface area contributed by atoms with Crippen LogP contribution >= 0.6 is 11.6 Å². The first-order valence-corrected chi connectivity index (χ1v) is 5.53. The van der Waals surface area contributed by atoms with Gasteiger partial charge in [-0.3, -0.25) is 4.98 Å². The Balaban J connectivity index is 2.83. The van der Waals surface area contributed by atoms with Gasteiger partial charge in [-0.25, -0.2) is 22.0 Å². The van der Waals surface area contributed by atoms with Crippen LogP contribution in [0.15, 0.2) is 12.3 Å². The molecule has 106 valence electrons.